The SMILES string of the molecule is COc1ccc(C23CCNc4ccccc4N2C(=O)C3Oc2ccccc2)cc1. The molecule has 29 heavy (non-hydrogen) atoms. The van der Waals surface area contributed by atoms with Crippen LogP contribution in [0, 0.1) is 0 Å². The Balaban J connectivity index is 1.63. The first-order chi connectivity index (χ1) is 14.2. The molecule has 1 N–H and O–H groups in total. The van der Waals surface area contributed by atoms with E-state index in [-0.39, 0.29) is 5.91 Å². The van der Waals surface area contributed by atoms with E-state index in [9.17, 15) is 4.79 Å². The monoisotopic (exact) mass is 386 g/mol. The highest BCUT2D eigenvalue weighted by atomic mass is 16.5. The molecule has 0 spiro atoms. The number of β-lactam (4-membered cyclic amide) rings is 1. The van der Waals surface area contributed by atoms with Gasteiger partial charge < -0.3 is 14.8 Å². The number of methoxy groups -OCH3 is 1. The van der Waals surface area contributed by atoms with E-state index in [1.165, 1.54) is 0 Å². The summed E-state index contributed by atoms with van der Waals surface area (Å²) in [6.07, 6.45) is 0.142. The Morgan fingerprint density at radius 1 is 0.931 bits per heavy atom. The predicted molar refractivity (Wildman–Crippen MR) is 113 cm³/mol. The minimum Gasteiger partial charge on any atom is -0.497 e. The number of benzene rings is 3. The summed E-state index contributed by atoms with van der Waals surface area (Å²) in [4.78, 5) is 15.3. The Labute approximate surface area is 169 Å². The lowest BCUT2D eigenvalue weighted by Crippen LogP contribution is -2.74. The molecule has 0 aromatic heterocycles. The second kappa shape index (κ2) is 6.85. The molecule has 0 aliphatic carbocycles. The van der Waals surface area contributed by atoms with Gasteiger partial charge in [-0.05, 0) is 48.4 Å². The molecule has 0 bridgehead atoms. The number of carbonyl (C=O) groups excluding carboxylic acids is 1. The van der Waals surface area contributed by atoms with Crippen molar-refractivity contribution in [3.05, 3.63) is 84.4 Å². The van der Waals surface area contributed by atoms with Crippen LogP contribution in [0.25, 0.3) is 0 Å². The number of carbonyl (C=O) groups is 1. The number of hydrogen-bond acceptors (Lipinski definition) is 4. The molecule has 146 valence electrons. The minimum absolute atomic E-state index is 0.0270. The Hall–Kier alpha value is -3.47. The standard InChI is InChI=1S/C24H22N2O3/c1-28-18-13-11-17(12-14-18)24-15-16-25-20-9-5-6-10-21(20)26(24)23(27)22(24)29-19-7-3-2-4-8-19/h2-14,22,25H,15-16H2,1H3. The number of rotatable bonds is 4. The fourth-order valence-corrected chi connectivity index (χ4v) is 4.44. The minimum atomic E-state index is -0.591. The molecular formula is C24H22N2O3. The zero-order valence-electron chi connectivity index (χ0n) is 16.2. The van der Waals surface area contributed by atoms with Gasteiger partial charge in [-0.25, -0.2) is 0 Å². The van der Waals surface area contributed by atoms with E-state index >= 15 is 0 Å². The molecule has 2 unspecified atom stereocenters. The lowest BCUT2D eigenvalue weighted by Gasteiger charge is -2.56. The van der Waals surface area contributed by atoms with Gasteiger partial charge in [0.1, 0.15) is 17.0 Å². The zero-order valence-corrected chi connectivity index (χ0v) is 16.2. The van der Waals surface area contributed by atoms with Crippen LogP contribution < -0.4 is 19.7 Å². The number of fused-ring (bicyclic) bond motifs is 3. The van der Waals surface area contributed by atoms with Gasteiger partial charge in [0.2, 0.25) is 6.10 Å². The molecule has 3 aromatic carbocycles. The second-order valence-corrected chi connectivity index (χ2v) is 7.33. The maximum atomic E-state index is 13.4. The van der Waals surface area contributed by atoms with Gasteiger partial charge in [-0.15, -0.1) is 0 Å². The highest BCUT2D eigenvalue weighted by molar-refractivity contribution is 6.09. The van der Waals surface area contributed by atoms with Crippen molar-refractivity contribution in [2.24, 2.45) is 0 Å². The molecule has 5 nitrogen and oxygen atoms in total. The van der Waals surface area contributed by atoms with Crippen molar-refractivity contribution in [2.45, 2.75) is 18.1 Å². The topological polar surface area (TPSA) is 50.8 Å². The molecule has 5 heteroatoms. The number of amides is 1. The largest absolute Gasteiger partial charge is 0.497 e. The summed E-state index contributed by atoms with van der Waals surface area (Å²) >= 11 is 0. The molecule has 2 heterocycles. The Kier molecular flexibility index (Phi) is 4.16. The summed E-state index contributed by atoms with van der Waals surface area (Å²) in [5.74, 6) is 1.46. The molecule has 0 saturated carbocycles. The van der Waals surface area contributed by atoms with Crippen LogP contribution >= 0.6 is 0 Å². The third kappa shape index (κ3) is 2.65. The van der Waals surface area contributed by atoms with Crippen LogP contribution in [0.3, 0.4) is 0 Å². The van der Waals surface area contributed by atoms with Crippen molar-refractivity contribution in [1.29, 1.82) is 0 Å². The fraction of sp³-hybridized carbons (Fsp3) is 0.208. The van der Waals surface area contributed by atoms with E-state index in [0.29, 0.717) is 5.75 Å². The van der Waals surface area contributed by atoms with Crippen molar-refractivity contribution in [1.82, 2.24) is 0 Å². The quantitative estimate of drug-likeness (QED) is 0.683. The summed E-state index contributed by atoms with van der Waals surface area (Å²) in [6, 6.07) is 25.4. The highest BCUT2D eigenvalue weighted by Crippen LogP contribution is 2.52. The van der Waals surface area contributed by atoms with E-state index in [1.54, 1.807) is 7.11 Å². The number of hydrogen-bond donors (Lipinski definition) is 1. The molecule has 5 rings (SSSR count). The summed E-state index contributed by atoms with van der Waals surface area (Å²) in [5.41, 5.74) is 2.31. The summed E-state index contributed by atoms with van der Waals surface area (Å²) in [6.45, 7) is 0.738. The van der Waals surface area contributed by atoms with Gasteiger partial charge >= 0.3 is 0 Å². The van der Waals surface area contributed by atoms with Crippen molar-refractivity contribution in [2.75, 3.05) is 23.9 Å². The average molecular weight is 386 g/mol. The lowest BCUT2D eigenvalue weighted by atomic mass is 9.72. The van der Waals surface area contributed by atoms with Crippen molar-refractivity contribution >= 4 is 17.3 Å². The van der Waals surface area contributed by atoms with Gasteiger partial charge in [0.25, 0.3) is 5.91 Å². The van der Waals surface area contributed by atoms with Crippen LogP contribution in [-0.2, 0) is 10.3 Å². The maximum Gasteiger partial charge on any atom is 0.271 e. The van der Waals surface area contributed by atoms with E-state index in [1.807, 2.05) is 83.8 Å². The molecule has 1 saturated heterocycles. The number of anilines is 2. The fourth-order valence-electron chi connectivity index (χ4n) is 4.44. The molecule has 3 aromatic rings. The molecular weight excluding hydrogens is 364 g/mol. The third-order valence-electron chi connectivity index (χ3n) is 5.83. The normalized spacial score (nSPS) is 22.4. The first-order valence-electron chi connectivity index (χ1n) is 9.77. The predicted octanol–water partition coefficient (Wildman–Crippen LogP) is 4.20. The Morgan fingerprint density at radius 2 is 1.66 bits per heavy atom. The second-order valence-electron chi connectivity index (χ2n) is 7.33. The number of ether oxygens (including phenoxy) is 2. The van der Waals surface area contributed by atoms with Crippen LogP contribution in [0.4, 0.5) is 11.4 Å². The van der Waals surface area contributed by atoms with E-state index in [0.717, 1.165) is 35.7 Å². The van der Waals surface area contributed by atoms with E-state index in [4.69, 9.17) is 9.47 Å². The third-order valence-corrected chi connectivity index (χ3v) is 5.83. The summed E-state index contributed by atoms with van der Waals surface area (Å²) in [5, 5.41) is 3.47. The first-order valence-corrected chi connectivity index (χ1v) is 9.77. The number of para-hydroxylation sites is 3. The van der Waals surface area contributed by atoms with Crippen LogP contribution in [0.5, 0.6) is 11.5 Å². The lowest BCUT2D eigenvalue weighted by molar-refractivity contribution is -0.142. The Morgan fingerprint density at radius 3 is 2.41 bits per heavy atom. The van der Waals surface area contributed by atoms with E-state index in [2.05, 4.69) is 5.32 Å². The first kappa shape index (κ1) is 17.6. The smallest absolute Gasteiger partial charge is 0.271 e. The molecule has 1 amide bonds. The van der Waals surface area contributed by atoms with Gasteiger partial charge in [0, 0.05) is 6.54 Å². The highest BCUT2D eigenvalue weighted by Gasteiger charge is 2.64. The van der Waals surface area contributed by atoms with Crippen molar-refractivity contribution in [3.63, 3.8) is 0 Å². The summed E-state index contributed by atoms with van der Waals surface area (Å²) in [7, 11) is 1.65. The molecule has 0 radical (unpaired) electrons. The Bertz CT molecular complexity index is 1040. The van der Waals surface area contributed by atoms with Crippen LogP contribution in [0.2, 0.25) is 0 Å². The number of nitrogens with one attached hydrogen (secondary N) is 1. The van der Waals surface area contributed by atoms with Crippen LogP contribution in [-0.4, -0.2) is 25.7 Å². The zero-order chi connectivity index (χ0) is 19.8. The average Bonchev–Trinajstić information content (AvgIpc) is 2.93. The molecule has 1 fully saturated rings. The van der Waals surface area contributed by atoms with Crippen LogP contribution in [0.1, 0.15) is 12.0 Å². The van der Waals surface area contributed by atoms with Crippen molar-refractivity contribution < 1.29 is 14.3 Å². The van der Waals surface area contributed by atoms with E-state index < -0.39 is 11.6 Å². The summed E-state index contributed by atoms with van der Waals surface area (Å²) < 4.78 is 11.6. The van der Waals surface area contributed by atoms with Gasteiger partial charge in [-0.3, -0.25) is 9.69 Å². The molecule has 2 atom stereocenters. The van der Waals surface area contributed by atoms with Crippen molar-refractivity contribution in [3.8, 4) is 11.5 Å². The maximum absolute atomic E-state index is 13.4. The van der Waals surface area contributed by atoms with Gasteiger partial charge in [-0.2, -0.15) is 0 Å². The molecule has 2 aliphatic heterocycles. The van der Waals surface area contributed by atoms with Gasteiger partial charge in [-0.1, -0.05) is 42.5 Å². The van der Waals surface area contributed by atoms with Gasteiger partial charge in [0.05, 0.1) is 18.5 Å². The van der Waals surface area contributed by atoms with Crippen LogP contribution in [0.15, 0.2) is 78.9 Å². The van der Waals surface area contributed by atoms with Gasteiger partial charge in [0.15, 0.2) is 0 Å². The number of nitrogens with zero attached hydrogens (tertiary/aromatic N) is 1. The molecule has 2 aliphatic rings.